The second-order valence-corrected chi connectivity index (χ2v) is 8.69. The molecule has 0 fully saturated rings. The van der Waals surface area contributed by atoms with Gasteiger partial charge in [-0.05, 0) is 6.42 Å². The molecule has 0 aromatic rings. The van der Waals surface area contributed by atoms with Gasteiger partial charge in [-0.1, -0.05) is 99.5 Å². The molecule has 4 nitrogen and oxygen atoms in total. The first-order valence-electron chi connectivity index (χ1n) is 9.23. The number of rotatable bonds is 15. The van der Waals surface area contributed by atoms with E-state index in [9.17, 15) is 9.59 Å². The van der Waals surface area contributed by atoms with Crippen molar-refractivity contribution in [2.24, 2.45) is 0 Å². The van der Waals surface area contributed by atoms with Gasteiger partial charge in [0.25, 0.3) is 0 Å². The fourth-order valence-electron chi connectivity index (χ4n) is 2.29. The Morgan fingerprint density at radius 2 is 1.16 bits per heavy atom. The van der Waals surface area contributed by atoms with Crippen molar-refractivity contribution >= 4 is 46.7 Å². The van der Waals surface area contributed by atoms with Gasteiger partial charge < -0.3 is 9.47 Å². The van der Waals surface area contributed by atoms with Crippen LogP contribution in [0.1, 0.15) is 84.0 Å². The summed E-state index contributed by atoms with van der Waals surface area (Å²) in [6.07, 6.45) is 12.2. The highest BCUT2D eigenvalue weighted by Crippen LogP contribution is 2.26. The summed E-state index contributed by atoms with van der Waals surface area (Å²) >= 11 is 16.4. The number of carbonyl (C=O) groups excluding carboxylic acids is 2. The SMILES string of the molecule is CCCCCCCCCCCCOC(=O)CCC(=O)OCC(Cl)(Cl)Cl. The fourth-order valence-corrected chi connectivity index (χ4v) is 2.45. The summed E-state index contributed by atoms with van der Waals surface area (Å²) in [5.74, 6) is -0.982. The molecule has 0 aliphatic heterocycles. The normalized spacial score (nSPS) is 11.4. The van der Waals surface area contributed by atoms with Crippen molar-refractivity contribution in [3.8, 4) is 0 Å². The lowest BCUT2D eigenvalue weighted by Crippen LogP contribution is -2.18. The predicted molar refractivity (Wildman–Crippen MR) is 103 cm³/mol. The lowest BCUT2D eigenvalue weighted by molar-refractivity contribution is -0.150. The first-order valence-corrected chi connectivity index (χ1v) is 10.4. The zero-order chi connectivity index (χ0) is 19.0. The minimum Gasteiger partial charge on any atom is -0.466 e. The largest absolute Gasteiger partial charge is 0.466 e. The molecule has 0 atom stereocenters. The number of alkyl halides is 3. The Kier molecular flexibility index (Phi) is 15.9. The topological polar surface area (TPSA) is 52.6 Å². The molecule has 148 valence electrons. The third kappa shape index (κ3) is 20.0. The predicted octanol–water partition coefficient (Wildman–Crippen LogP) is 6.14. The maximum Gasteiger partial charge on any atom is 0.306 e. The van der Waals surface area contributed by atoms with Gasteiger partial charge in [0.2, 0.25) is 3.79 Å². The van der Waals surface area contributed by atoms with Gasteiger partial charge in [-0.25, -0.2) is 0 Å². The molecule has 0 rings (SSSR count). The van der Waals surface area contributed by atoms with E-state index in [1.807, 2.05) is 0 Å². The second-order valence-electron chi connectivity index (χ2n) is 6.18. The molecular formula is C18H31Cl3O4. The van der Waals surface area contributed by atoms with E-state index < -0.39 is 15.7 Å². The summed E-state index contributed by atoms with van der Waals surface area (Å²) in [5, 5.41) is 0. The third-order valence-corrected chi connectivity index (χ3v) is 4.02. The number of hydrogen-bond acceptors (Lipinski definition) is 4. The summed E-state index contributed by atoms with van der Waals surface area (Å²) in [7, 11) is 0. The molecule has 0 aliphatic rings. The molecule has 0 amide bonds. The van der Waals surface area contributed by atoms with Gasteiger partial charge in [0, 0.05) is 0 Å². The van der Waals surface area contributed by atoms with E-state index in [4.69, 9.17) is 44.3 Å². The van der Waals surface area contributed by atoms with E-state index in [1.54, 1.807) is 0 Å². The fraction of sp³-hybridized carbons (Fsp3) is 0.889. The number of esters is 2. The summed E-state index contributed by atoms with van der Waals surface area (Å²) < 4.78 is 8.18. The van der Waals surface area contributed by atoms with Crippen LogP contribution in [0.5, 0.6) is 0 Å². The Morgan fingerprint density at radius 3 is 1.64 bits per heavy atom. The van der Waals surface area contributed by atoms with E-state index in [-0.39, 0.29) is 19.4 Å². The van der Waals surface area contributed by atoms with Crippen molar-refractivity contribution in [2.45, 2.75) is 87.8 Å². The molecule has 7 heteroatoms. The van der Waals surface area contributed by atoms with Crippen LogP contribution in [0, 0.1) is 0 Å². The van der Waals surface area contributed by atoms with Crippen LogP contribution in [-0.4, -0.2) is 28.9 Å². The van der Waals surface area contributed by atoms with Gasteiger partial charge in [-0.3, -0.25) is 9.59 Å². The number of unbranched alkanes of at least 4 members (excludes halogenated alkanes) is 9. The summed E-state index contributed by atoms with van der Waals surface area (Å²) in [4.78, 5) is 22.8. The highest BCUT2D eigenvalue weighted by Gasteiger charge is 2.22. The summed E-state index contributed by atoms with van der Waals surface area (Å²) in [6.45, 7) is 2.30. The number of halogens is 3. The van der Waals surface area contributed by atoms with E-state index in [1.165, 1.54) is 51.4 Å². The number of carbonyl (C=O) groups is 2. The van der Waals surface area contributed by atoms with Gasteiger partial charge in [-0.15, -0.1) is 0 Å². The van der Waals surface area contributed by atoms with E-state index in [2.05, 4.69) is 6.92 Å². The van der Waals surface area contributed by atoms with E-state index in [0.717, 1.165) is 12.8 Å². The first kappa shape index (κ1) is 24.8. The average Bonchev–Trinajstić information content (AvgIpc) is 2.55. The van der Waals surface area contributed by atoms with Crippen molar-refractivity contribution in [1.82, 2.24) is 0 Å². The molecule has 0 aliphatic carbocycles. The molecule has 0 saturated carbocycles. The van der Waals surface area contributed by atoms with Crippen molar-refractivity contribution < 1.29 is 19.1 Å². The summed E-state index contributed by atoms with van der Waals surface area (Å²) in [6, 6.07) is 0. The zero-order valence-corrected chi connectivity index (χ0v) is 17.4. The van der Waals surface area contributed by atoms with Crippen molar-refractivity contribution in [1.29, 1.82) is 0 Å². The van der Waals surface area contributed by atoms with Crippen molar-refractivity contribution in [2.75, 3.05) is 13.2 Å². The molecule has 25 heavy (non-hydrogen) atoms. The van der Waals surface area contributed by atoms with Gasteiger partial charge in [0.1, 0.15) is 6.61 Å². The zero-order valence-electron chi connectivity index (χ0n) is 15.2. The maximum atomic E-state index is 11.5. The molecule has 0 bridgehead atoms. The van der Waals surface area contributed by atoms with E-state index >= 15 is 0 Å². The van der Waals surface area contributed by atoms with Crippen molar-refractivity contribution in [3.05, 3.63) is 0 Å². The molecule has 0 aromatic carbocycles. The Morgan fingerprint density at radius 1 is 0.720 bits per heavy atom. The lowest BCUT2D eigenvalue weighted by atomic mass is 10.1. The highest BCUT2D eigenvalue weighted by atomic mass is 35.6. The monoisotopic (exact) mass is 416 g/mol. The molecule has 0 aromatic heterocycles. The lowest BCUT2D eigenvalue weighted by Gasteiger charge is -2.11. The molecule has 0 unspecified atom stereocenters. The van der Waals surface area contributed by atoms with Gasteiger partial charge in [0.05, 0.1) is 19.4 Å². The molecular weight excluding hydrogens is 387 g/mol. The quantitative estimate of drug-likeness (QED) is 0.182. The van der Waals surface area contributed by atoms with Crippen LogP contribution < -0.4 is 0 Å². The highest BCUT2D eigenvalue weighted by molar-refractivity contribution is 6.67. The number of hydrogen-bond donors (Lipinski definition) is 0. The second kappa shape index (κ2) is 16.0. The van der Waals surface area contributed by atoms with Crippen LogP contribution in [-0.2, 0) is 19.1 Å². The van der Waals surface area contributed by atoms with Crippen LogP contribution in [0.15, 0.2) is 0 Å². The van der Waals surface area contributed by atoms with Crippen LogP contribution in [0.3, 0.4) is 0 Å². The van der Waals surface area contributed by atoms with E-state index in [0.29, 0.717) is 6.61 Å². The maximum absolute atomic E-state index is 11.5. The minimum absolute atomic E-state index is 0.0174. The Bertz CT molecular complexity index is 357. The standard InChI is InChI=1S/C18H31Cl3O4/c1-2-3-4-5-6-7-8-9-10-11-14-24-16(22)12-13-17(23)25-15-18(19,20)21/h2-15H2,1H3. The van der Waals surface area contributed by atoms with Crippen LogP contribution in [0.4, 0.5) is 0 Å². The smallest absolute Gasteiger partial charge is 0.306 e. The van der Waals surface area contributed by atoms with Crippen LogP contribution in [0.2, 0.25) is 0 Å². The van der Waals surface area contributed by atoms with Crippen molar-refractivity contribution in [3.63, 3.8) is 0 Å². The van der Waals surface area contributed by atoms with Gasteiger partial charge in [-0.2, -0.15) is 0 Å². The molecule has 0 heterocycles. The van der Waals surface area contributed by atoms with Crippen LogP contribution in [0.25, 0.3) is 0 Å². The Hall–Kier alpha value is -0.190. The summed E-state index contributed by atoms with van der Waals surface area (Å²) in [5.41, 5.74) is 0. The Balaban J connectivity index is 3.37. The molecule has 0 N–H and O–H groups in total. The third-order valence-electron chi connectivity index (χ3n) is 3.69. The van der Waals surface area contributed by atoms with Gasteiger partial charge >= 0.3 is 11.9 Å². The number of ether oxygens (including phenoxy) is 2. The molecule has 0 saturated heterocycles. The average molecular weight is 418 g/mol. The first-order chi connectivity index (χ1) is 11.8. The van der Waals surface area contributed by atoms with Crippen LogP contribution >= 0.6 is 34.8 Å². The Labute approximate surface area is 166 Å². The molecule has 0 radical (unpaired) electrons. The minimum atomic E-state index is -1.63. The van der Waals surface area contributed by atoms with Gasteiger partial charge in [0.15, 0.2) is 0 Å². The molecule has 0 spiro atoms.